The Kier molecular flexibility index (Phi) is 8.96. The summed E-state index contributed by atoms with van der Waals surface area (Å²) >= 11 is 3.12. The molecule has 1 fully saturated rings. The van der Waals surface area contributed by atoms with E-state index in [0.29, 0.717) is 4.47 Å². The van der Waals surface area contributed by atoms with E-state index in [0.717, 1.165) is 26.8 Å². The number of carboxylic acids is 1. The molecule has 2 rings (SSSR count). The molecule has 5 atom stereocenters. The summed E-state index contributed by atoms with van der Waals surface area (Å²) in [5.74, 6) is -5.73. The topological polar surface area (TPSA) is 135 Å². The molecule has 1 heterocycles. The molecule has 1 aromatic carbocycles. The van der Waals surface area contributed by atoms with Gasteiger partial charge in [-0.2, -0.15) is 0 Å². The number of esters is 3. The van der Waals surface area contributed by atoms with Gasteiger partial charge in [-0.15, -0.1) is 0 Å². The number of halogens is 2. The minimum absolute atomic E-state index is 0.257. The summed E-state index contributed by atoms with van der Waals surface area (Å²) in [4.78, 5) is 46.3. The Morgan fingerprint density at radius 2 is 1.69 bits per heavy atom. The molecule has 1 aromatic rings. The smallest absolute Gasteiger partial charge is 0.304 e. The van der Waals surface area contributed by atoms with E-state index in [9.17, 15) is 28.7 Å². The molecule has 10 nitrogen and oxygen atoms in total. The number of hydrogen-bond acceptors (Lipinski definition) is 9. The van der Waals surface area contributed by atoms with Crippen molar-refractivity contribution in [2.75, 3.05) is 6.61 Å². The van der Waals surface area contributed by atoms with Crippen molar-refractivity contribution in [2.45, 2.75) is 51.8 Å². The minimum atomic E-state index is -1.45. The zero-order valence-corrected chi connectivity index (χ0v) is 19.0. The van der Waals surface area contributed by atoms with E-state index in [4.69, 9.17) is 23.7 Å². The van der Waals surface area contributed by atoms with Gasteiger partial charge < -0.3 is 28.8 Å². The highest BCUT2D eigenvalue weighted by Gasteiger charge is 2.52. The molecule has 32 heavy (non-hydrogen) atoms. The van der Waals surface area contributed by atoms with Crippen LogP contribution in [0.1, 0.15) is 27.2 Å². The van der Waals surface area contributed by atoms with Crippen molar-refractivity contribution < 1.29 is 52.4 Å². The molecule has 1 aliphatic rings. The number of aliphatic carboxylic acids is 1. The van der Waals surface area contributed by atoms with Gasteiger partial charge in [0.25, 0.3) is 0 Å². The van der Waals surface area contributed by atoms with Gasteiger partial charge in [0.05, 0.1) is 12.3 Å². The Bertz CT molecular complexity index is 876. The molecule has 0 amide bonds. The molecule has 0 bridgehead atoms. The lowest BCUT2D eigenvalue weighted by molar-refractivity contribution is -0.271. The van der Waals surface area contributed by atoms with E-state index in [1.807, 2.05) is 0 Å². The summed E-state index contributed by atoms with van der Waals surface area (Å²) in [6.45, 7) is 2.91. The van der Waals surface area contributed by atoms with Crippen LogP contribution in [0.15, 0.2) is 22.7 Å². The zero-order valence-electron chi connectivity index (χ0n) is 17.4. The van der Waals surface area contributed by atoms with Crippen molar-refractivity contribution in [3.8, 4) is 5.75 Å². The Balaban J connectivity index is 2.47. The highest BCUT2D eigenvalue weighted by molar-refractivity contribution is 9.10. The van der Waals surface area contributed by atoms with Gasteiger partial charge in [0.1, 0.15) is 12.7 Å². The maximum Gasteiger partial charge on any atom is 0.304 e. The van der Waals surface area contributed by atoms with Crippen LogP contribution in [-0.2, 0) is 38.1 Å². The van der Waals surface area contributed by atoms with Crippen molar-refractivity contribution in [3.05, 3.63) is 28.5 Å². The molecule has 0 radical (unpaired) electrons. The van der Waals surface area contributed by atoms with Gasteiger partial charge in [-0.1, -0.05) is 15.9 Å². The van der Waals surface area contributed by atoms with E-state index in [1.54, 1.807) is 0 Å². The predicted octanol–water partition coefficient (Wildman–Crippen LogP) is 2.21. The maximum absolute atomic E-state index is 14.4. The maximum atomic E-state index is 14.4. The first kappa shape index (κ1) is 25.5. The molecule has 1 aliphatic heterocycles. The lowest BCUT2D eigenvalue weighted by Gasteiger charge is -2.44. The summed E-state index contributed by atoms with van der Waals surface area (Å²) in [6, 6.07) is 3.92. The van der Waals surface area contributed by atoms with Crippen LogP contribution in [0.25, 0.3) is 0 Å². The Morgan fingerprint density at radius 3 is 2.22 bits per heavy atom. The molecular formula is C20H22BrFO10. The van der Waals surface area contributed by atoms with Crippen LogP contribution in [0.3, 0.4) is 0 Å². The van der Waals surface area contributed by atoms with E-state index in [1.165, 1.54) is 12.1 Å². The van der Waals surface area contributed by atoms with Gasteiger partial charge in [-0.25, -0.2) is 4.39 Å². The predicted molar refractivity (Wildman–Crippen MR) is 107 cm³/mol. The molecule has 0 spiro atoms. The van der Waals surface area contributed by atoms with Gasteiger partial charge in [0.15, 0.2) is 23.8 Å². The van der Waals surface area contributed by atoms with E-state index in [2.05, 4.69) is 15.9 Å². The second-order valence-electron chi connectivity index (χ2n) is 6.95. The Morgan fingerprint density at radius 1 is 1.06 bits per heavy atom. The van der Waals surface area contributed by atoms with Crippen LogP contribution < -0.4 is 4.74 Å². The van der Waals surface area contributed by atoms with Crippen molar-refractivity contribution in [1.29, 1.82) is 0 Å². The summed E-state index contributed by atoms with van der Waals surface area (Å²) in [6.07, 6.45) is -5.92. The fraction of sp³-hybridized carbons (Fsp3) is 0.500. The van der Waals surface area contributed by atoms with Crippen LogP contribution in [0.4, 0.5) is 4.39 Å². The SMILES string of the molecule is CC(=O)OC[C@H]1O[C@H](Oc2ccc(Br)cc2F)[C@@H](CC(=O)O)[C@H](OC(C)=O)[C@H]1OC(C)=O. The van der Waals surface area contributed by atoms with Crippen LogP contribution in [-0.4, -0.2) is 60.2 Å². The summed E-state index contributed by atoms with van der Waals surface area (Å²) in [5.41, 5.74) is 0. The van der Waals surface area contributed by atoms with E-state index < -0.39 is 73.2 Å². The second-order valence-corrected chi connectivity index (χ2v) is 7.86. The first-order chi connectivity index (χ1) is 15.0. The Hall–Kier alpha value is -2.73. The second kappa shape index (κ2) is 11.2. The molecule has 12 heteroatoms. The van der Waals surface area contributed by atoms with E-state index in [-0.39, 0.29) is 5.75 Å². The zero-order chi connectivity index (χ0) is 24.0. The van der Waals surface area contributed by atoms with Crippen molar-refractivity contribution >= 4 is 39.8 Å². The van der Waals surface area contributed by atoms with Crippen molar-refractivity contribution in [1.82, 2.24) is 0 Å². The van der Waals surface area contributed by atoms with Gasteiger partial charge in [-0.3, -0.25) is 19.2 Å². The summed E-state index contributed by atoms with van der Waals surface area (Å²) in [5, 5.41) is 9.39. The first-order valence-electron chi connectivity index (χ1n) is 9.44. The fourth-order valence-electron chi connectivity index (χ4n) is 3.20. The molecule has 0 unspecified atom stereocenters. The molecule has 1 N–H and O–H groups in total. The standard InChI is InChI=1S/C20H22BrFO10/c1-9(23)28-8-16-19(30-11(3)25)18(29-10(2)24)13(7-17(26)27)20(32-16)31-15-5-4-12(21)6-14(15)22/h4-6,13,16,18-20H,7-8H2,1-3H3,(H,26,27)/t13-,16+,18-,19-,20-/m0/s1. The number of benzene rings is 1. The van der Waals surface area contributed by atoms with Crippen LogP contribution in [0, 0.1) is 11.7 Å². The molecule has 0 aromatic heterocycles. The number of carboxylic acid groups (broad SMARTS) is 1. The highest BCUT2D eigenvalue weighted by atomic mass is 79.9. The minimum Gasteiger partial charge on any atom is -0.481 e. The lowest BCUT2D eigenvalue weighted by atomic mass is 9.88. The molecule has 1 saturated heterocycles. The number of carbonyl (C=O) groups is 4. The van der Waals surface area contributed by atoms with Gasteiger partial charge in [0, 0.05) is 25.2 Å². The van der Waals surface area contributed by atoms with Crippen LogP contribution in [0.5, 0.6) is 5.75 Å². The fourth-order valence-corrected chi connectivity index (χ4v) is 3.53. The van der Waals surface area contributed by atoms with Crippen LogP contribution in [0.2, 0.25) is 0 Å². The van der Waals surface area contributed by atoms with E-state index >= 15 is 0 Å². The third kappa shape index (κ3) is 7.16. The van der Waals surface area contributed by atoms with Crippen molar-refractivity contribution in [2.24, 2.45) is 5.92 Å². The molecular weight excluding hydrogens is 499 g/mol. The average molecular weight is 521 g/mol. The molecule has 176 valence electrons. The van der Waals surface area contributed by atoms with Gasteiger partial charge in [-0.05, 0) is 18.2 Å². The first-order valence-corrected chi connectivity index (χ1v) is 10.2. The van der Waals surface area contributed by atoms with Crippen LogP contribution >= 0.6 is 15.9 Å². The largest absolute Gasteiger partial charge is 0.481 e. The van der Waals surface area contributed by atoms with Gasteiger partial charge in [0.2, 0.25) is 6.29 Å². The highest BCUT2D eigenvalue weighted by Crippen LogP contribution is 2.35. The quantitative estimate of drug-likeness (QED) is 0.401. The Labute approximate surface area is 191 Å². The normalized spacial score (nSPS) is 24.8. The number of ether oxygens (including phenoxy) is 5. The number of rotatable bonds is 8. The summed E-state index contributed by atoms with van der Waals surface area (Å²) < 4.78 is 41.6. The number of carbonyl (C=O) groups excluding carboxylic acids is 3. The number of hydrogen-bond donors (Lipinski definition) is 1. The average Bonchev–Trinajstić information content (AvgIpc) is 2.65. The third-order valence-electron chi connectivity index (χ3n) is 4.37. The van der Waals surface area contributed by atoms with Gasteiger partial charge >= 0.3 is 23.9 Å². The van der Waals surface area contributed by atoms with Crippen molar-refractivity contribution in [3.63, 3.8) is 0 Å². The summed E-state index contributed by atoms with van der Waals surface area (Å²) in [7, 11) is 0. The third-order valence-corrected chi connectivity index (χ3v) is 4.87. The lowest BCUT2D eigenvalue weighted by Crippen LogP contribution is -2.60. The molecule has 0 saturated carbocycles. The monoisotopic (exact) mass is 520 g/mol. The molecule has 0 aliphatic carbocycles.